The molecule has 10 heteroatoms. The number of halogens is 2. The van der Waals surface area contributed by atoms with Crippen molar-refractivity contribution in [3.63, 3.8) is 0 Å². The van der Waals surface area contributed by atoms with E-state index >= 15 is 0 Å². The van der Waals surface area contributed by atoms with E-state index in [1.165, 1.54) is 31.4 Å². The number of para-hydroxylation sites is 1. The van der Waals surface area contributed by atoms with Crippen molar-refractivity contribution in [3.8, 4) is 5.75 Å². The summed E-state index contributed by atoms with van der Waals surface area (Å²) in [5, 5.41) is 0.176. The highest BCUT2D eigenvalue weighted by Gasteiger charge is 2.29. The molecule has 3 rings (SSSR count). The molecule has 0 saturated carbocycles. The number of methoxy groups -OCH3 is 1. The molecule has 0 radical (unpaired) electrons. The summed E-state index contributed by atoms with van der Waals surface area (Å²) in [5.74, 6) is -0.227. The van der Waals surface area contributed by atoms with Crippen LogP contribution in [0.5, 0.6) is 5.75 Å². The number of hydrogen-bond donors (Lipinski definition) is 0. The summed E-state index contributed by atoms with van der Waals surface area (Å²) in [6, 6.07) is 10.7. The van der Waals surface area contributed by atoms with Gasteiger partial charge in [-0.15, -0.1) is 0 Å². The lowest BCUT2D eigenvalue weighted by molar-refractivity contribution is -0.131. The molecular formula is C21H25ClFN3O4S. The lowest BCUT2D eigenvalue weighted by Gasteiger charge is -2.37. The third kappa shape index (κ3) is 5.11. The van der Waals surface area contributed by atoms with Crippen molar-refractivity contribution < 1.29 is 22.3 Å². The van der Waals surface area contributed by atoms with E-state index in [2.05, 4.69) is 0 Å². The zero-order valence-electron chi connectivity index (χ0n) is 17.4. The van der Waals surface area contributed by atoms with Crippen LogP contribution in [0.2, 0.25) is 5.02 Å². The third-order valence-electron chi connectivity index (χ3n) is 5.25. The molecular weight excluding hydrogens is 445 g/mol. The number of carbonyl (C=O) groups excluding carboxylic acids is 1. The average Bonchev–Trinajstić information content (AvgIpc) is 2.77. The lowest BCUT2D eigenvalue weighted by atomic mass is 10.2. The number of rotatable bonds is 7. The van der Waals surface area contributed by atoms with E-state index in [1.54, 1.807) is 30.0 Å². The molecule has 2 aromatic carbocycles. The number of sulfonamides is 1. The van der Waals surface area contributed by atoms with Crippen LogP contribution in [0, 0.1) is 5.82 Å². The Bertz CT molecular complexity index is 1040. The first-order valence-electron chi connectivity index (χ1n) is 9.89. The summed E-state index contributed by atoms with van der Waals surface area (Å²) in [7, 11) is -2.46. The maximum Gasteiger partial charge on any atom is 0.243 e. The number of amides is 1. The van der Waals surface area contributed by atoms with E-state index in [0.29, 0.717) is 37.6 Å². The van der Waals surface area contributed by atoms with Crippen LogP contribution in [0.4, 0.5) is 10.1 Å². The highest BCUT2D eigenvalue weighted by atomic mass is 35.5. The predicted molar refractivity (Wildman–Crippen MR) is 118 cm³/mol. The normalized spacial score (nSPS) is 14.7. The van der Waals surface area contributed by atoms with Gasteiger partial charge in [-0.3, -0.25) is 4.79 Å². The summed E-state index contributed by atoms with van der Waals surface area (Å²) in [6.07, 6.45) is 0. The molecule has 0 N–H and O–H groups in total. The van der Waals surface area contributed by atoms with Crippen LogP contribution in [0.25, 0.3) is 0 Å². The number of carbonyl (C=O) groups is 1. The van der Waals surface area contributed by atoms with Crippen LogP contribution in [0.1, 0.15) is 6.92 Å². The number of anilines is 1. The highest BCUT2D eigenvalue weighted by molar-refractivity contribution is 7.89. The maximum absolute atomic E-state index is 14.0. The predicted octanol–water partition coefficient (Wildman–Crippen LogP) is 2.85. The second kappa shape index (κ2) is 9.84. The molecule has 0 bridgehead atoms. The zero-order chi connectivity index (χ0) is 22.6. The Kier molecular flexibility index (Phi) is 7.40. The van der Waals surface area contributed by atoms with E-state index in [9.17, 15) is 17.6 Å². The quantitative estimate of drug-likeness (QED) is 0.623. The van der Waals surface area contributed by atoms with Gasteiger partial charge in [0, 0.05) is 32.7 Å². The monoisotopic (exact) mass is 469 g/mol. The van der Waals surface area contributed by atoms with Gasteiger partial charge in [0.15, 0.2) is 0 Å². The standard InChI is InChI=1S/C21H25ClFN3O4S/c1-3-26(31(28,29)16-8-9-20(30-2)17(22)14-16)15-21(27)25-12-10-24(11-13-25)19-7-5-4-6-18(19)23/h4-9,14H,3,10-13,15H2,1-2H3. The van der Waals surface area contributed by atoms with Gasteiger partial charge in [-0.2, -0.15) is 4.31 Å². The van der Waals surface area contributed by atoms with Crippen LogP contribution in [-0.2, 0) is 14.8 Å². The topological polar surface area (TPSA) is 70.2 Å². The van der Waals surface area contributed by atoms with Crippen molar-refractivity contribution in [1.82, 2.24) is 9.21 Å². The zero-order valence-corrected chi connectivity index (χ0v) is 19.0. The van der Waals surface area contributed by atoms with Crippen LogP contribution >= 0.6 is 11.6 Å². The number of hydrogen-bond acceptors (Lipinski definition) is 5. The fourth-order valence-corrected chi connectivity index (χ4v) is 5.23. The first-order chi connectivity index (χ1) is 14.8. The molecule has 0 atom stereocenters. The minimum atomic E-state index is -3.91. The molecule has 0 aliphatic carbocycles. The molecule has 0 aromatic heterocycles. The largest absolute Gasteiger partial charge is 0.495 e. The molecule has 0 spiro atoms. The Morgan fingerprint density at radius 2 is 1.84 bits per heavy atom. The van der Waals surface area contributed by atoms with Gasteiger partial charge in [0.05, 0.1) is 29.3 Å². The van der Waals surface area contributed by atoms with Gasteiger partial charge in [0.1, 0.15) is 11.6 Å². The minimum Gasteiger partial charge on any atom is -0.495 e. The van der Waals surface area contributed by atoms with Gasteiger partial charge in [0.25, 0.3) is 0 Å². The smallest absolute Gasteiger partial charge is 0.243 e. The number of ether oxygens (including phenoxy) is 1. The van der Waals surface area contributed by atoms with Gasteiger partial charge in [-0.1, -0.05) is 30.7 Å². The van der Waals surface area contributed by atoms with Crippen molar-refractivity contribution in [1.29, 1.82) is 0 Å². The van der Waals surface area contributed by atoms with Crippen LogP contribution in [-0.4, -0.2) is 69.9 Å². The number of benzene rings is 2. The van der Waals surface area contributed by atoms with Crippen molar-refractivity contribution in [2.75, 3.05) is 51.3 Å². The van der Waals surface area contributed by atoms with Gasteiger partial charge >= 0.3 is 0 Å². The van der Waals surface area contributed by atoms with Crippen LogP contribution in [0.3, 0.4) is 0 Å². The summed E-state index contributed by atoms with van der Waals surface area (Å²) in [6.45, 7) is 3.25. The van der Waals surface area contributed by atoms with Crippen LogP contribution < -0.4 is 9.64 Å². The third-order valence-corrected chi connectivity index (χ3v) is 7.46. The van der Waals surface area contributed by atoms with Gasteiger partial charge in [0.2, 0.25) is 15.9 Å². The van der Waals surface area contributed by atoms with Crippen molar-refractivity contribution >= 4 is 33.2 Å². The Morgan fingerprint density at radius 1 is 1.16 bits per heavy atom. The SMILES string of the molecule is CCN(CC(=O)N1CCN(c2ccccc2F)CC1)S(=O)(=O)c1ccc(OC)c(Cl)c1. The van der Waals surface area contributed by atoms with Gasteiger partial charge < -0.3 is 14.5 Å². The van der Waals surface area contributed by atoms with E-state index in [0.717, 1.165) is 4.31 Å². The van der Waals surface area contributed by atoms with Crippen molar-refractivity contribution in [2.45, 2.75) is 11.8 Å². The van der Waals surface area contributed by atoms with Crippen molar-refractivity contribution in [3.05, 3.63) is 53.3 Å². The molecule has 168 valence electrons. The molecule has 1 fully saturated rings. The van der Waals surface area contributed by atoms with Gasteiger partial charge in [-0.05, 0) is 30.3 Å². The maximum atomic E-state index is 14.0. The summed E-state index contributed by atoms with van der Waals surface area (Å²) < 4.78 is 46.2. The molecule has 1 amide bonds. The highest BCUT2D eigenvalue weighted by Crippen LogP contribution is 2.28. The molecule has 0 unspecified atom stereocenters. The Hall–Kier alpha value is -2.36. The Labute approximate surface area is 187 Å². The molecule has 31 heavy (non-hydrogen) atoms. The molecule has 1 saturated heterocycles. The lowest BCUT2D eigenvalue weighted by Crippen LogP contribution is -2.52. The first-order valence-corrected chi connectivity index (χ1v) is 11.7. The van der Waals surface area contributed by atoms with Crippen molar-refractivity contribution in [2.24, 2.45) is 0 Å². The first kappa shape index (κ1) is 23.3. The number of piperazine rings is 1. The van der Waals surface area contributed by atoms with E-state index < -0.39 is 10.0 Å². The number of nitrogens with zero attached hydrogens (tertiary/aromatic N) is 3. The Morgan fingerprint density at radius 3 is 2.42 bits per heavy atom. The average molecular weight is 470 g/mol. The second-order valence-electron chi connectivity index (χ2n) is 7.05. The summed E-state index contributed by atoms with van der Waals surface area (Å²) >= 11 is 6.07. The summed E-state index contributed by atoms with van der Waals surface area (Å²) in [5.41, 5.74) is 0.503. The van der Waals surface area contributed by atoms with Gasteiger partial charge in [-0.25, -0.2) is 12.8 Å². The molecule has 2 aromatic rings. The summed E-state index contributed by atoms with van der Waals surface area (Å²) in [4.78, 5) is 16.3. The number of likely N-dealkylation sites (N-methyl/N-ethyl adjacent to an activating group) is 1. The molecule has 7 nitrogen and oxygen atoms in total. The molecule has 1 heterocycles. The fourth-order valence-electron chi connectivity index (χ4n) is 3.48. The minimum absolute atomic E-state index is 0.00248. The molecule has 1 aliphatic heterocycles. The van der Waals surface area contributed by atoms with Crippen LogP contribution in [0.15, 0.2) is 47.4 Å². The van der Waals surface area contributed by atoms with E-state index in [1.807, 2.05) is 4.90 Å². The van der Waals surface area contributed by atoms with E-state index in [-0.39, 0.29) is 34.7 Å². The second-order valence-corrected chi connectivity index (χ2v) is 9.39. The van der Waals surface area contributed by atoms with E-state index in [4.69, 9.17) is 16.3 Å². The Balaban J connectivity index is 1.66. The molecule has 1 aliphatic rings. The fraction of sp³-hybridized carbons (Fsp3) is 0.381.